The lowest BCUT2D eigenvalue weighted by Gasteiger charge is -2.48. The largest absolute Gasteiger partial charge is 0.444 e. The van der Waals surface area contributed by atoms with Crippen molar-refractivity contribution in [3.63, 3.8) is 0 Å². The lowest BCUT2D eigenvalue weighted by molar-refractivity contribution is -0.155. The summed E-state index contributed by atoms with van der Waals surface area (Å²) < 4.78 is 11.4. The number of anilines is 1. The zero-order valence-electron chi connectivity index (χ0n) is 35.0. The second-order valence-electron chi connectivity index (χ2n) is 14.9. The van der Waals surface area contributed by atoms with E-state index in [9.17, 15) is 19.2 Å². The Hall–Kier alpha value is -5.44. The number of amides is 3. The topological polar surface area (TPSA) is 165 Å². The van der Waals surface area contributed by atoms with Crippen LogP contribution in [0.4, 0.5) is 9.93 Å². The number of fused-ring (bicyclic) bond motifs is 1. The third-order valence-corrected chi connectivity index (χ3v) is 12.7. The highest BCUT2D eigenvalue weighted by atomic mass is 127. The molecule has 7 rings (SSSR count). The molecule has 4 heterocycles. The average molecular weight is 1020 g/mol. The summed E-state index contributed by atoms with van der Waals surface area (Å²) in [7, 11) is 1.46. The maximum atomic E-state index is 14.1. The number of benzene rings is 3. The van der Waals surface area contributed by atoms with E-state index in [-0.39, 0.29) is 47.7 Å². The Kier molecular flexibility index (Phi) is 15.6. The van der Waals surface area contributed by atoms with E-state index in [2.05, 4.69) is 57.2 Å². The van der Waals surface area contributed by atoms with Gasteiger partial charge >= 0.3 is 12.1 Å². The number of pyridine rings is 1. The summed E-state index contributed by atoms with van der Waals surface area (Å²) in [6.45, 7) is 7.12. The lowest BCUT2D eigenvalue weighted by atomic mass is 9.77. The number of hydrogen-bond donors (Lipinski definition) is 2. The molecule has 3 aromatic carbocycles. The Balaban J connectivity index is 0.00000661. The Morgan fingerprint density at radius 1 is 0.937 bits per heavy atom. The van der Waals surface area contributed by atoms with Gasteiger partial charge in [-0.05, 0) is 62.6 Å². The van der Waals surface area contributed by atoms with Crippen molar-refractivity contribution in [3.8, 4) is 0 Å². The highest BCUT2D eigenvalue weighted by Gasteiger charge is 2.54. The molecule has 2 aromatic heterocycles. The van der Waals surface area contributed by atoms with Crippen molar-refractivity contribution in [2.75, 3.05) is 24.7 Å². The van der Waals surface area contributed by atoms with Gasteiger partial charge in [-0.1, -0.05) is 108 Å². The summed E-state index contributed by atoms with van der Waals surface area (Å²) in [5.41, 5.74) is 0.217. The first-order valence-corrected chi connectivity index (χ1v) is 22.5. The number of hydrogen-bond acceptors (Lipinski definition) is 14. The molecule has 0 radical (unpaired) electrons. The molecular formula is C45H46IN7O7S3. The standard InChI is InChI=1S/C45H45N7O7S3.HI/c1-6-57-50-35(33-28-61-41(47-33)49-45(29-16-10-7-11-17-29,30-18-12-8-13-19-30)31-20-14-9-15-21-31)37(53)48-36-38(54)52-34(24-27-60-39(36)52)40(55)58-43(62-32-22-25-46-26-23-32)51(5)42(56)59-44(2,3)4;/h7-26,28,36,39,43H,6,27H2,1-5H3,(H,47,49)(H,48,53);1H/b50-35-;/t36?,39-,43?;/m0./s1. The lowest BCUT2D eigenvalue weighted by Crippen LogP contribution is -2.70. The van der Waals surface area contributed by atoms with Crippen LogP contribution in [0.1, 0.15) is 50.1 Å². The van der Waals surface area contributed by atoms with Crippen molar-refractivity contribution < 1.29 is 33.5 Å². The number of halogens is 1. The van der Waals surface area contributed by atoms with Crippen LogP contribution in [-0.4, -0.2) is 91.3 Å². The van der Waals surface area contributed by atoms with Gasteiger partial charge < -0.3 is 24.9 Å². The fraction of sp³-hybridized carbons (Fsp3) is 0.267. The summed E-state index contributed by atoms with van der Waals surface area (Å²) >= 11 is 3.77. The van der Waals surface area contributed by atoms with Gasteiger partial charge in [0.25, 0.3) is 11.8 Å². The van der Waals surface area contributed by atoms with Crippen molar-refractivity contribution in [3.05, 3.63) is 155 Å². The third-order valence-electron chi connectivity index (χ3n) is 9.60. The summed E-state index contributed by atoms with van der Waals surface area (Å²) in [4.78, 5) is 72.2. The van der Waals surface area contributed by atoms with Crippen molar-refractivity contribution in [2.45, 2.75) is 60.7 Å². The number of oxime groups is 1. The molecule has 2 aliphatic heterocycles. The van der Waals surface area contributed by atoms with Crippen LogP contribution in [0.25, 0.3) is 0 Å². The van der Waals surface area contributed by atoms with Crippen LogP contribution in [-0.2, 0) is 34.2 Å². The van der Waals surface area contributed by atoms with Crippen LogP contribution in [0.5, 0.6) is 0 Å². The molecule has 1 fully saturated rings. The number of β-lactam (4-membered cyclic amide) rings is 1. The monoisotopic (exact) mass is 1020 g/mol. The molecule has 63 heavy (non-hydrogen) atoms. The van der Waals surface area contributed by atoms with Crippen LogP contribution in [0.15, 0.2) is 143 Å². The number of nitrogens with one attached hydrogen (secondary N) is 2. The number of nitrogens with zero attached hydrogens (tertiary/aromatic N) is 5. The maximum absolute atomic E-state index is 14.1. The van der Waals surface area contributed by atoms with Gasteiger partial charge in [0, 0.05) is 35.5 Å². The van der Waals surface area contributed by atoms with Crippen LogP contribution < -0.4 is 10.6 Å². The molecule has 14 nitrogen and oxygen atoms in total. The molecule has 2 aliphatic rings. The predicted octanol–water partition coefficient (Wildman–Crippen LogP) is 8.07. The minimum atomic E-state index is -1.16. The number of rotatable bonds is 15. The van der Waals surface area contributed by atoms with E-state index in [1.165, 1.54) is 39.9 Å². The first-order chi connectivity index (χ1) is 29.9. The Labute approximate surface area is 395 Å². The second kappa shape index (κ2) is 20.8. The first-order valence-electron chi connectivity index (χ1n) is 19.7. The van der Waals surface area contributed by atoms with E-state index < -0.39 is 52.0 Å². The van der Waals surface area contributed by atoms with Gasteiger partial charge in [-0.25, -0.2) is 14.6 Å². The molecule has 0 spiro atoms. The van der Waals surface area contributed by atoms with Crippen LogP contribution in [0.2, 0.25) is 0 Å². The van der Waals surface area contributed by atoms with Crippen molar-refractivity contribution in [1.82, 2.24) is 25.1 Å². The average Bonchev–Trinajstić information content (AvgIpc) is 3.75. The minimum Gasteiger partial charge on any atom is -0.444 e. The first kappa shape index (κ1) is 47.0. The van der Waals surface area contributed by atoms with E-state index in [1.54, 1.807) is 63.7 Å². The number of carbonyl (C=O) groups is 4. The Bertz CT molecular complexity index is 2340. The SMILES string of the molecule is CCO/N=C(\C(=O)NC1C(=O)N2C(C(=O)OC(Sc3ccncc3)N(C)C(=O)OC(C)(C)C)=CCS[C@@H]12)c1csc(NC(c2ccccc2)(c2ccccc2)c2ccccc2)n1.I. The smallest absolute Gasteiger partial charge is 0.413 e. The van der Waals surface area contributed by atoms with E-state index in [0.29, 0.717) is 15.8 Å². The summed E-state index contributed by atoms with van der Waals surface area (Å²) in [5.74, 6) is -1.68. The van der Waals surface area contributed by atoms with Crippen LogP contribution in [0.3, 0.4) is 0 Å². The normalized spacial score (nSPS) is 16.5. The highest BCUT2D eigenvalue weighted by molar-refractivity contribution is 14.0. The molecule has 3 atom stereocenters. The molecule has 18 heteroatoms. The number of carbonyl (C=O) groups excluding carboxylic acids is 4. The summed E-state index contributed by atoms with van der Waals surface area (Å²) in [6, 6.07) is 32.6. The molecule has 2 unspecified atom stereocenters. The Morgan fingerprint density at radius 3 is 2.08 bits per heavy atom. The molecule has 0 saturated carbocycles. The number of thiazole rings is 1. The fourth-order valence-corrected chi connectivity index (χ4v) is 9.58. The van der Waals surface area contributed by atoms with E-state index in [1.807, 2.05) is 54.6 Å². The second-order valence-corrected chi connectivity index (χ2v) is 18.1. The zero-order chi connectivity index (χ0) is 43.9. The van der Waals surface area contributed by atoms with Gasteiger partial charge in [0.2, 0.25) is 5.56 Å². The van der Waals surface area contributed by atoms with Crippen molar-refractivity contribution >= 4 is 93.6 Å². The Morgan fingerprint density at radius 2 is 1.52 bits per heavy atom. The zero-order valence-corrected chi connectivity index (χ0v) is 39.8. The van der Waals surface area contributed by atoms with E-state index in [0.717, 1.165) is 28.5 Å². The predicted molar refractivity (Wildman–Crippen MR) is 256 cm³/mol. The highest BCUT2D eigenvalue weighted by Crippen LogP contribution is 2.41. The van der Waals surface area contributed by atoms with Crippen LogP contribution in [0, 0.1) is 0 Å². The van der Waals surface area contributed by atoms with Gasteiger partial charge in [0.05, 0.1) is 0 Å². The quantitative estimate of drug-likeness (QED) is 0.0152. The van der Waals surface area contributed by atoms with Gasteiger partial charge in [-0.15, -0.1) is 47.1 Å². The molecule has 328 valence electrons. The molecule has 2 N–H and O–H groups in total. The number of esters is 1. The van der Waals surface area contributed by atoms with Crippen LogP contribution >= 0.6 is 58.8 Å². The minimum absolute atomic E-state index is 0. The number of thioether (sulfide) groups is 2. The molecule has 1 saturated heterocycles. The maximum Gasteiger partial charge on any atom is 0.413 e. The number of aromatic nitrogens is 2. The third kappa shape index (κ3) is 10.7. The van der Waals surface area contributed by atoms with Gasteiger partial charge in [-0.2, -0.15) is 0 Å². The van der Waals surface area contributed by atoms with Crippen molar-refractivity contribution in [2.24, 2.45) is 5.16 Å². The van der Waals surface area contributed by atoms with Gasteiger partial charge in [0.15, 0.2) is 10.8 Å². The number of ether oxygens (including phenoxy) is 2. The summed E-state index contributed by atoms with van der Waals surface area (Å²) in [5, 5.41) is 12.3. The fourth-order valence-electron chi connectivity index (χ4n) is 6.74. The van der Waals surface area contributed by atoms with Crippen molar-refractivity contribution in [1.29, 1.82) is 0 Å². The summed E-state index contributed by atoms with van der Waals surface area (Å²) in [6.07, 6.45) is 4.04. The van der Waals surface area contributed by atoms with E-state index in [4.69, 9.17) is 19.3 Å². The molecule has 5 aromatic rings. The van der Waals surface area contributed by atoms with Gasteiger partial charge in [-0.3, -0.25) is 24.4 Å². The van der Waals surface area contributed by atoms with Gasteiger partial charge in [0.1, 0.15) is 40.6 Å². The molecule has 0 bridgehead atoms. The molecular weight excluding hydrogens is 974 g/mol. The molecule has 3 amide bonds. The molecule has 0 aliphatic carbocycles. The van der Waals surface area contributed by atoms with E-state index >= 15 is 0 Å².